The molecule has 0 radical (unpaired) electrons. The molecule has 2 aliphatic heterocycles. The van der Waals surface area contributed by atoms with Crippen molar-refractivity contribution in [2.45, 2.75) is 148 Å². The van der Waals surface area contributed by atoms with Crippen molar-refractivity contribution in [3.05, 3.63) is 57.6 Å². The summed E-state index contributed by atoms with van der Waals surface area (Å²) in [6.07, 6.45) is 11.4. The predicted octanol–water partition coefficient (Wildman–Crippen LogP) is 7.38. The first-order valence-corrected chi connectivity index (χ1v) is 20.5. The van der Waals surface area contributed by atoms with Crippen molar-refractivity contribution < 1.29 is 52.0 Å². The summed E-state index contributed by atoms with van der Waals surface area (Å²) in [6.45, 7) is 25.2. The Balaban J connectivity index is 0.000000995. The number of phenols is 2. The molecule has 5 N–H and O–H groups in total. The van der Waals surface area contributed by atoms with Crippen LogP contribution in [0.25, 0.3) is 0 Å². The Kier molecular flexibility index (Phi) is 16.8. The second-order valence-corrected chi connectivity index (χ2v) is 18.8. The molecule has 0 amide bonds. The zero-order valence-electron chi connectivity index (χ0n) is 35.8. The normalized spacial score (nSPS) is 19.1. The molecule has 2 aromatic carbocycles. The van der Waals surface area contributed by atoms with Gasteiger partial charge in [-0.1, -0.05) is 87.3 Å². The SMILES string of the molecule is CC(C)(C)c1cc(C=NC2CCCCC2N=Cc2cc(C(C)(C)C)cc(C(C)(C)C)c2O)c(O)c(CCCN2CCC[N+]3=C2NCCC3)c1.O=C(O)CC(=O)O.[Cr]. The molecule has 1 aliphatic carbocycles. The van der Waals surface area contributed by atoms with E-state index in [9.17, 15) is 19.8 Å². The molecule has 1 saturated carbocycles. The van der Waals surface area contributed by atoms with Crippen LogP contribution in [0.3, 0.4) is 0 Å². The quantitative estimate of drug-likeness (QED) is 0.0944. The van der Waals surface area contributed by atoms with Gasteiger partial charge in [0.1, 0.15) is 17.9 Å². The maximum atomic E-state index is 11.6. The molecule has 5 rings (SSSR count). The molecule has 57 heavy (non-hydrogen) atoms. The number of nitrogens with zero attached hydrogens (tertiary/aromatic N) is 4. The van der Waals surface area contributed by atoms with Crippen molar-refractivity contribution in [2.75, 3.05) is 32.7 Å². The van der Waals surface area contributed by atoms with Crippen LogP contribution >= 0.6 is 0 Å². The van der Waals surface area contributed by atoms with E-state index in [1.807, 2.05) is 12.4 Å². The van der Waals surface area contributed by atoms with Gasteiger partial charge >= 0.3 is 17.9 Å². The minimum Gasteiger partial charge on any atom is -0.507 e. The Hall–Kier alpha value is -3.88. The number of carboxylic acids is 2. The van der Waals surface area contributed by atoms with Crippen molar-refractivity contribution in [1.82, 2.24) is 10.2 Å². The largest absolute Gasteiger partial charge is 0.507 e. The maximum absolute atomic E-state index is 11.6. The van der Waals surface area contributed by atoms with E-state index >= 15 is 0 Å². The average molecular weight is 827 g/mol. The second-order valence-electron chi connectivity index (χ2n) is 18.8. The van der Waals surface area contributed by atoms with E-state index < -0.39 is 18.4 Å². The standard InChI is InChI=1S/C42H63N5O2.C3H4O4.Cr/c1-40(2,3)32-23-29(15-12-19-46-21-14-22-47-20-13-18-43-39(46)47)37(48)30(24-32)27-44-35-16-10-11-17-36(35)45-28-31-25-33(41(4,5)6)26-34(38(31)49)42(7,8)9;4-2(5)1-3(6)7;/h23-28,35-36H,10-22H2,1-9H3,(H2,44,45,48,49);1H2,(H,4,5)(H,6,7);/p+1. The van der Waals surface area contributed by atoms with Crippen molar-refractivity contribution in [3.8, 4) is 11.5 Å². The first-order valence-electron chi connectivity index (χ1n) is 20.5. The summed E-state index contributed by atoms with van der Waals surface area (Å²) in [5, 5.41) is 42.0. The number of aliphatic imine (C=N–C) groups is 2. The zero-order chi connectivity index (χ0) is 41.4. The smallest absolute Gasteiger partial charge is 0.348 e. The van der Waals surface area contributed by atoms with Crippen molar-refractivity contribution in [2.24, 2.45) is 9.98 Å². The molecule has 0 saturated heterocycles. The van der Waals surface area contributed by atoms with E-state index in [2.05, 4.69) is 101 Å². The monoisotopic (exact) mass is 826 g/mol. The van der Waals surface area contributed by atoms with E-state index in [-0.39, 0.29) is 45.7 Å². The molecule has 2 atom stereocenters. The number of guanidine groups is 1. The number of nitrogens with one attached hydrogen (secondary N) is 1. The van der Waals surface area contributed by atoms with Crippen LogP contribution in [-0.2, 0) is 49.6 Å². The van der Waals surface area contributed by atoms with Crippen molar-refractivity contribution in [1.29, 1.82) is 0 Å². The number of aliphatic carboxylic acids is 2. The summed E-state index contributed by atoms with van der Waals surface area (Å²) >= 11 is 0. The van der Waals surface area contributed by atoms with Gasteiger partial charge in [-0.3, -0.25) is 34.4 Å². The number of rotatable bonds is 10. The van der Waals surface area contributed by atoms with Crippen LogP contribution in [0.2, 0.25) is 0 Å². The van der Waals surface area contributed by atoms with Crippen LogP contribution in [0.15, 0.2) is 34.3 Å². The van der Waals surface area contributed by atoms with Crippen molar-refractivity contribution >= 4 is 30.3 Å². The number of phenolic OH excluding ortho intramolecular Hbond substituents is 2. The Morgan fingerprint density at radius 2 is 1.30 bits per heavy atom. The topological polar surface area (TPSA) is 158 Å². The molecule has 2 unspecified atom stereocenters. The van der Waals surface area contributed by atoms with Crippen LogP contribution in [0.5, 0.6) is 11.5 Å². The van der Waals surface area contributed by atoms with Crippen molar-refractivity contribution in [3.63, 3.8) is 0 Å². The molecule has 2 heterocycles. The third-order valence-corrected chi connectivity index (χ3v) is 10.9. The summed E-state index contributed by atoms with van der Waals surface area (Å²) in [4.78, 5) is 31.6. The third-order valence-electron chi connectivity index (χ3n) is 10.9. The van der Waals surface area contributed by atoms with Gasteiger partial charge in [0.15, 0.2) is 0 Å². The molecule has 3 aliphatic rings. The van der Waals surface area contributed by atoms with Crippen LogP contribution in [0, 0.1) is 0 Å². The molecule has 11 nitrogen and oxygen atoms in total. The van der Waals surface area contributed by atoms with Gasteiger partial charge in [-0.25, -0.2) is 0 Å². The zero-order valence-corrected chi connectivity index (χ0v) is 37.1. The fraction of sp³-hybridized carbons (Fsp3) is 0.622. The molecule has 1 fully saturated rings. The van der Waals surface area contributed by atoms with Crippen LogP contribution in [0.1, 0.15) is 147 Å². The summed E-state index contributed by atoms with van der Waals surface area (Å²) in [5.41, 5.74) is 5.67. The minimum absolute atomic E-state index is 0. The number of hydrogen-bond donors (Lipinski definition) is 5. The van der Waals surface area contributed by atoms with E-state index in [0.717, 1.165) is 93.5 Å². The van der Waals surface area contributed by atoms with Crippen LogP contribution in [0.4, 0.5) is 0 Å². The summed E-state index contributed by atoms with van der Waals surface area (Å²) in [6, 6.07) is 8.64. The molecular formula is C45H68CrN5O6+. The van der Waals surface area contributed by atoms with Gasteiger partial charge in [-0.2, -0.15) is 0 Å². The molecule has 0 spiro atoms. The van der Waals surface area contributed by atoms with Gasteiger partial charge in [0, 0.05) is 59.3 Å². The molecule has 314 valence electrons. The fourth-order valence-corrected chi connectivity index (χ4v) is 7.58. The second kappa shape index (κ2) is 20.2. The molecule has 0 bridgehead atoms. The van der Waals surface area contributed by atoms with Crippen LogP contribution < -0.4 is 5.32 Å². The van der Waals surface area contributed by atoms with Gasteiger partial charge in [0.2, 0.25) is 0 Å². The summed E-state index contributed by atoms with van der Waals surface area (Å²) in [5.74, 6) is -0.646. The minimum atomic E-state index is -1.31. The van der Waals surface area contributed by atoms with Gasteiger partial charge in [0.05, 0.1) is 44.8 Å². The third kappa shape index (κ3) is 13.6. The molecule has 12 heteroatoms. The molecular weight excluding hydrogens is 759 g/mol. The van der Waals surface area contributed by atoms with E-state index in [0.29, 0.717) is 11.5 Å². The van der Waals surface area contributed by atoms with Crippen LogP contribution in [-0.4, -0.2) is 105 Å². The first-order chi connectivity index (χ1) is 26.1. The van der Waals surface area contributed by atoms with Gasteiger partial charge in [0.25, 0.3) is 0 Å². The fourth-order valence-electron chi connectivity index (χ4n) is 7.58. The number of hydrogen-bond acceptors (Lipinski definition) is 8. The molecule has 2 aromatic rings. The average Bonchev–Trinajstić information content (AvgIpc) is 3.10. The number of benzene rings is 2. The number of aromatic hydroxyl groups is 2. The predicted molar refractivity (Wildman–Crippen MR) is 226 cm³/mol. The van der Waals surface area contributed by atoms with Gasteiger partial charge in [-0.05, 0) is 70.8 Å². The Morgan fingerprint density at radius 3 is 1.81 bits per heavy atom. The van der Waals surface area contributed by atoms with Gasteiger partial charge < -0.3 is 20.4 Å². The number of carboxylic acid groups (broad SMARTS) is 2. The van der Waals surface area contributed by atoms with E-state index in [1.54, 1.807) is 0 Å². The summed E-state index contributed by atoms with van der Waals surface area (Å²) in [7, 11) is 0. The Morgan fingerprint density at radius 1 is 0.772 bits per heavy atom. The summed E-state index contributed by atoms with van der Waals surface area (Å²) < 4.78 is 2.50. The maximum Gasteiger partial charge on any atom is 0.348 e. The Bertz CT molecular complexity index is 1780. The van der Waals surface area contributed by atoms with E-state index in [1.165, 1.54) is 29.9 Å². The van der Waals surface area contributed by atoms with Gasteiger partial charge in [-0.15, -0.1) is 0 Å². The number of aryl methyl sites for hydroxylation is 1. The number of carbonyl (C=O) groups is 2. The Labute approximate surface area is 351 Å². The molecule has 0 aromatic heterocycles. The van der Waals surface area contributed by atoms with E-state index in [4.69, 9.17) is 20.2 Å². The first kappa shape index (κ1) is 47.5.